The Hall–Kier alpha value is -1.41. The molecule has 0 radical (unpaired) electrons. The van der Waals surface area contributed by atoms with Crippen LogP contribution in [0.1, 0.15) is 7.06 Å². The lowest BCUT2D eigenvalue weighted by atomic mass is 10.1. The lowest BCUT2D eigenvalue weighted by Crippen LogP contribution is -2.39. The van der Waals surface area contributed by atoms with Gasteiger partial charge in [-0.25, -0.2) is 0 Å². The monoisotopic (exact) mass is 242 g/mol. The molecule has 0 bridgehead atoms. The molecule has 0 fully saturated rings. The van der Waals surface area contributed by atoms with Gasteiger partial charge in [0.25, 0.3) is 0 Å². The van der Waals surface area contributed by atoms with E-state index in [2.05, 4.69) is 48.9 Å². The van der Waals surface area contributed by atoms with Crippen molar-refractivity contribution < 1.29 is 1.37 Å². The van der Waals surface area contributed by atoms with Crippen molar-refractivity contribution in [1.82, 2.24) is 4.98 Å². The molecule has 2 rings (SSSR count). The van der Waals surface area contributed by atoms with E-state index in [0.717, 1.165) is 17.0 Å². The maximum atomic E-state index is 7.68. The molecule has 0 saturated heterocycles. The normalized spacial score (nSPS) is 12.3. The Labute approximate surface area is 106 Å². The molecule has 2 heteroatoms. The maximum Gasteiger partial charge on any atom is 0.0799 e. The second-order valence-electron chi connectivity index (χ2n) is 5.31. The number of benzene rings is 1. The molecule has 0 saturated carbocycles. The molecule has 0 N–H and O–H groups in total. The Bertz CT molecular complexity index is 532. The first-order valence-corrected chi connectivity index (χ1v) is 9.37. The van der Waals surface area contributed by atoms with Gasteiger partial charge in [0.05, 0.1) is 13.8 Å². The van der Waals surface area contributed by atoms with Gasteiger partial charge < -0.3 is 0 Å². The van der Waals surface area contributed by atoms with Crippen LogP contribution in [0.5, 0.6) is 0 Å². The van der Waals surface area contributed by atoms with E-state index in [4.69, 9.17) is 1.37 Å². The number of rotatable bonds is 2. The summed E-state index contributed by atoms with van der Waals surface area (Å²) in [5, 5.41) is 1.30. The Morgan fingerprint density at radius 3 is 2.29 bits per heavy atom. The van der Waals surface area contributed by atoms with Gasteiger partial charge in [-0.3, -0.25) is 4.98 Å². The Kier molecular flexibility index (Phi) is 2.81. The summed E-state index contributed by atoms with van der Waals surface area (Å²) in [6, 6.07) is 14.4. The minimum Gasteiger partial charge on any atom is -0.253 e. The molecule has 1 nitrogen and oxygen atoms in total. The molecule has 0 aliphatic carbocycles. The number of nitrogens with zero attached hydrogens (tertiary/aromatic N) is 1. The van der Waals surface area contributed by atoms with E-state index in [9.17, 15) is 0 Å². The second kappa shape index (κ2) is 4.45. The molecule has 0 aliphatic rings. The fourth-order valence-corrected chi connectivity index (χ4v) is 3.46. The molecule has 1 aromatic carbocycles. The summed E-state index contributed by atoms with van der Waals surface area (Å²) in [6.45, 7) is 7.16. The van der Waals surface area contributed by atoms with Gasteiger partial charge in [0, 0.05) is 12.6 Å². The van der Waals surface area contributed by atoms with Crippen LogP contribution in [-0.4, -0.2) is 13.1 Å². The average molecular weight is 242 g/mol. The third kappa shape index (κ3) is 2.64. The number of hydrogen-bond acceptors (Lipinski definition) is 1. The molecule has 1 heterocycles. The van der Waals surface area contributed by atoms with Crippen molar-refractivity contribution in [3.05, 3.63) is 48.2 Å². The molecular formula is C15H19NSi. The summed E-state index contributed by atoms with van der Waals surface area (Å²) in [5.41, 5.74) is 3.03. The van der Waals surface area contributed by atoms with Gasteiger partial charge in [0.1, 0.15) is 0 Å². The summed E-state index contributed by atoms with van der Waals surface area (Å²) in [4.78, 5) is 4.68. The number of aromatic nitrogens is 1. The van der Waals surface area contributed by atoms with Gasteiger partial charge in [0.2, 0.25) is 0 Å². The zero-order valence-corrected chi connectivity index (χ0v) is 11.7. The molecule has 1 aromatic heterocycles. The Morgan fingerprint density at radius 1 is 1.00 bits per heavy atom. The van der Waals surface area contributed by atoms with Crippen molar-refractivity contribution in [1.29, 1.82) is 0 Å². The lowest BCUT2D eigenvalue weighted by molar-refractivity contribution is 1.22. The second-order valence-corrected chi connectivity index (χ2v) is 10.3. The van der Waals surface area contributed by atoms with Crippen molar-refractivity contribution in [2.24, 2.45) is 0 Å². The summed E-state index contributed by atoms with van der Waals surface area (Å²) >= 11 is 0. The molecular weight excluding hydrogens is 222 g/mol. The predicted octanol–water partition coefficient (Wildman–Crippen LogP) is 3.60. The van der Waals surface area contributed by atoms with Gasteiger partial charge in [-0.05, 0) is 18.2 Å². The third-order valence-corrected chi connectivity index (χ3v) is 4.92. The first kappa shape index (κ1) is 10.7. The summed E-state index contributed by atoms with van der Waals surface area (Å²) < 4.78 is 7.68. The maximum absolute atomic E-state index is 7.68. The van der Waals surface area contributed by atoms with Crippen LogP contribution in [0.2, 0.25) is 19.6 Å². The van der Waals surface area contributed by atoms with E-state index in [1.807, 2.05) is 18.2 Å². The molecule has 17 heavy (non-hydrogen) atoms. The molecule has 0 spiro atoms. The molecule has 0 unspecified atom stereocenters. The minimum atomic E-state index is -1.41. The highest BCUT2D eigenvalue weighted by atomic mass is 28.3. The molecule has 0 atom stereocenters. The van der Waals surface area contributed by atoms with E-state index < -0.39 is 8.07 Å². The zero-order chi connectivity index (χ0) is 13.2. The minimum absolute atomic E-state index is 0.264. The van der Waals surface area contributed by atoms with E-state index >= 15 is 0 Å². The van der Waals surface area contributed by atoms with Gasteiger partial charge in [-0.2, -0.15) is 0 Å². The van der Waals surface area contributed by atoms with Crippen LogP contribution in [0.15, 0.2) is 42.5 Å². The van der Waals surface area contributed by atoms with Crippen LogP contribution in [0.3, 0.4) is 0 Å². The Balaban J connectivity index is 2.49. The molecule has 88 valence electrons. The molecule has 0 aliphatic heterocycles. The number of pyridine rings is 1. The standard InChI is InChI=1S/C15H19NSi/c1-12-15(17(2,3)4)11-10-14(16-12)13-8-6-5-7-9-13/h5-11H,1-4H3/i1D. The fraction of sp³-hybridized carbons (Fsp3) is 0.267. The van der Waals surface area contributed by atoms with E-state index in [0.29, 0.717) is 0 Å². The van der Waals surface area contributed by atoms with Crippen LogP contribution < -0.4 is 5.19 Å². The first-order valence-electron chi connectivity index (χ1n) is 6.58. The predicted molar refractivity (Wildman–Crippen MR) is 77.4 cm³/mol. The van der Waals surface area contributed by atoms with Crippen LogP contribution >= 0.6 is 0 Å². The third-order valence-electron chi connectivity index (χ3n) is 2.85. The van der Waals surface area contributed by atoms with Crippen molar-refractivity contribution in [3.63, 3.8) is 0 Å². The van der Waals surface area contributed by atoms with Gasteiger partial charge in [-0.15, -0.1) is 0 Å². The quantitative estimate of drug-likeness (QED) is 0.733. The summed E-state index contributed by atoms with van der Waals surface area (Å²) in [6.07, 6.45) is 0. The van der Waals surface area contributed by atoms with Crippen LogP contribution in [0, 0.1) is 6.90 Å². The highest BCUT2D eigenvalue weighted by Crippen LogP contribution is 2.17. The van der Waals surface area contributed by atoms with Crippen LogP contribution in [-0.2, 0) is 0 Å². The van der Waals surface area contributed by atoms with E-state index in [1.54, 1.807) is 0 Å². The van der Waals surface area contributed by atoms with Gasteiger partial charge in [-0.1, -0.05) is 56.0 Å². The largest absolute Gasteiger partial charge is 0.253 e. The van der Waals surface area contributed by atoms with Crippen molar-refractivity contribution in [2.45, 2.75) is 26.5 Å². The molecule has 2 aromatic rings. The van der Waals surface area contributed by atoms with Crippen molar-refractivity contribution >= 4 is 13.3 Å². The van der Waals surface area contributed by atoms with Crippen molar-refractivity contribution in [2.75, 3.05) is 0 Å². The smallest absolute Gasteiger partial charge is 0.0799 e. The van der Waals surface area contributed by atoms with Crippen molar-refractivity contribution in [3.8, 4) is 11.3 Å². The highest BCUT2D eigenvalue weighted by molar-refractivity contribution is 6.89. The topological polar surface area (TPSA) is 12.9 Å². The molecule has 0 amide bonds. The SMILES string of the molecule is [2H]Cc1nc(-c2ccccc2)ccc1[Si](C)(C)C. The Morgan fingerprint density at radius 2 is 1.71 bits per heavy atom. The van der Waals surface area contributed by atoms with Crippen LogP contribution in [0.4, 0.5) is 0 Å². The average Bonchev–Trinajstić information content (AvgIpc) is 2.38. The van der Waals surface area contributed by atoms with Gasteiger partial charge >= 0.3 is 0 Å². The summed E-state index contributed by atoms with van der Waals surface area (Å²) in [7, 11) is -1.41. The van der Waals surface area contributed by atoms with Gasteiger partial charge in [0.15, 0.2) is 0 Å². The highest BCUT2D eigenvalue weighted by Gasteiger charge is 2.19. The fourth-order valence-electron chi connectivity index (χ4n) is 1.95. The number of hydrogen-bond donors (Lipinski definition) is 0. The zero-order valence-electron chi connectivity index (χ0n) is 11.7. The lowest BCUT2D eigenvalue weighted by Gasteiger charge is -2.19. The van der Waals surface area contributed by atoms with E-state index in [-0.39, 0.29) is 6.90 Å². The van der Waals surface area contributed by atoms with E-state index in [1.165, 1.54) is 5.19 Å². The first-order chi connectivity index (χ1) is 8.52. The summed E-state index contributed by atoms with van der Waals surface area (Å²) in [5.74, 6) is 0. The van der Waals surface area contributed by atoms with Crippen LogP contribution in [0.25, 0.3) is 11.3 Å². The number of aryl methyl sites for hydroxylation is 1.